The highest BCUT2D eigenvalue weighted by Gasteiger charge is 2.30. The molecule has 1 atom stereocenters. The van der Waals surface area contributed by atoms with Crippen LogP contribution in [0.3, 0.4) is 0 Å². The quantitative estimate of drug-likeness (QED) is 0.666. The van der Waals surface area contributed by atoms with Crippen LogP contribution in [0.5, 0.6) is 11.5 Å². The zero-order valence-corrected chi connectivity index (χ0v) is 17.9. The van der Waals surface area contributed by atoms with E-state index in [1.807, 2.05) is 62.4 Å². The molecular weight excluding hydrogens is 380 g/mol. The number of amides is 1. The second-order valence-electron chi connectivity index (χ2n) is 7.50. The molecule has 2 aromatic carbocycles. The van der Waals surface area contributed by atoms with E-state index in [4.69, 9.17) is 9.47 Å². The number of benzene rings is 2. The second-order valence-corrected chi connectivity index (χ2v) is 7.50. The molecule has 6 heteroatoms. The van der Waals surface area contributed by atoms with Gasteiger partial charge in [0.05, 0.1) is 25.4 Å². The number of Topliss-reactive ketones (excluding diaryl/α,β-unsaturated/α-hetero) is 1. The summed E-state index contributed by atoms with van der Waals surface area (Å²) in [5.41, 5.74) is 1.40. The van der Waals surface area contributed by atoms with Gasteiger partial charge in [-0.1, -0.05) is 12.1 Å². The van der Waals surface area contributed by atoms with Gasteiger partial charge in [-0.3, -0.25) is 14.5 Å². The van der Waals surface area contributed by atoms with Crippen LogP contribution in [0, 0.1) is 5.92 Å². The van der Waals surface area contributed by atoms with E-state index in [-0.39, 0.29) is 23.7 Å². The Labute approximate surface area is 178 Å². The first kappa shape index (κ1) is 21.8. The van der Waals surface area contributed by atoms with E-state index in [1.54, 1.807) is 7.11 Å². The highest BCUT2D eigenvalue weighted by atomic mass is 16.5. The maximum Gasteiger partial charge on any atom is 0.241 e. The molecule has 3 rings (SSSR count). The number of piperidine rings is 1. The number of anilines is 1. The lowest BCUT2D eigenvalue weighted by Gasteiger charge is -2.34. The maximum absolute atomic E-state index is 12.8. The topological polar surface area (TPSA) is 67.9 Å². The molecule has 0 aromatic heterocycles. The van der Waals surface area contributed by atoms with Crippen LogP contribution in [0.15, 0.2) is 48.5 Å². The van der Waals surface area contributed by atoms with E-state index in [9.17, 15) is 9.59 Å². The molecular formula is C24H30N2O4. The maximum atomic E-state index is 12.8. The average Bonchev–Trinajstić information content (AvgIpc) is 2.79. The first-order valence-corrected chi connectivity index (χ1v) is 10.5. The van der Waals surface area contributed by atoms with Crippen LogP contribution in [0.1, 0.15) is 37.0 Å². The fourth-order valence-electron chi connectivity index (χ4n) is 3.79. The molecule has 30 heavy (non-hydrogen) atoms. The van der Waals surface area contributed by atoms with Gasteiger partial charge in [-0.2, -0.15) is 0 Å². The Morgan fingerprint density at radius 2 is 1.77 bits per heavy atom. The minimum absolute atomic E-state index is 0.0106. The van der Waals surface area contributed by atoms with Gasteiger partial charge in [0.25, 0.3) is 0 Å². The van der Waals surface area contributed by atoms with E-state index in [0.717, 1.165) is 18.6 Å². The Hall–Kier alpha value is -2.86. The van der Waals surface area contributed by atoms with Crippen molar-refractivity contribution in [2.75, 3.05) is 32.1 Å². The number of hydrogen-bond acceptors (Lipinski definition) is 5. The van der Waals surface area contributed by atoms with E-state index in [0.29, 0.717) is 36.7 Å². The zero-order chi connectivity index (χ0) is 21.5. The summed E-state index contributed by atoms with van der Waals surface area (Å²) < 4.78 is 10.7. The minimum Gasteiger partial charge on any atom is -0.497 e. The first-order chi connectivity index (χ1) is 14.5. The van der Waals surface area contributed by atoms with Crippen LogP contribution in [0.25, 0.3) is 0 Å². The number of carbonyl (C=O) groups excluding carboxylic acids is 2. The van der Waals surface area contributed by atoms with Crippen molar-refractivity contribution in [2.24, 2.45) is 5.92 Å². The van der Waals surface area contributed by atoms with E-state index < -0.39 is 0 Å². The standard InChI is InChI=1S/C24H30N2O4/c1-4-30-22-8-6-5-7-21(22)25-24(28)17(2)26-15-13-19(14-16-26)23(27)18-9-11-20(29-3)12-10-18/h5-12,17,19H,4,13-16H2,1-3H3,(H,25,28)/t17-/m1/s1. The van der Waals surface area contributed by atoms with Gasteiger partial charge < -0.3 is 14.8 Å². The van der Waals surface area contributed by atoms with Crippen molar-refractivity contribution in [3.05, 3.63) is 54.1 Å². The number of rotatable bonds is 8. The van der Waals surface area contributed by atoms with Crippen molar-refractivity contribution in [3.63, 3.8) is 0 Å². The van der Waals surface area contributed by atoms with Gasteiger partial charge in [-0.15, -0.1) is 0 Å². The first-order valence-electron chi connectivity index (χ1n) is 10.5. The highest BCUT2D eigenvalue weighted by Crippen LogP contribution is 2.26. The predicted octanol–water partition coefficient (Wildman–Crippen LogP) is 4.02. The number of nitrogens with zero attached hydrogens (tertiary/aromatic N) is 1. The molecule has 1 aliphatic rings. The van der Waals surface area contributed by atoms with Crippen LogP contribution in [0.2, 0.25) is 0 Å². The molecule has 0 aliphatic carbocycles. The van der Waals surface area contributed by atoms with Gasteiger partial charge in [0, 0.05) is 11.5 Å². The van der Waals surface area contributed by atoms with Crippen LogP contribution in [-0.2, 0) is 4.79 Å². The Morgan fingerprint density at radius 3 is 2.40 bits per heavy atom. The fourth-order valence-corrected chi connectivity index (χ4v) is 3.79. The van der Waals surface area contributed by atoms with E-state index >= 15 is 0 Å². The molecule has 160 valence electrons. The van der Waals surface area contributed by atoms with Crippen molar-refractivity contribution in [3.8, 4) is 11.5 Å². The van der Waals surface area contributed by atoms with Crippen molar-refractivity contribution in [1.29, 1.82) is 0 Å². The molecule has 6 nitrogen and oxygen atoms in total. The second kappa shape index (κ2) is 10.3. The van der Waals surface area contributed by atoms with Gasteiger partial charge >= 0.3 is 0 Å². The Bertz CT molecular complexity index is 858. The number of likely N-dealkylation sites (tertiary alicyclic amines) is 1. The summed E-state index contributed by atoms with van der Waals surface area (Å²) in [6, 6.07) is 14.4. The zero-order valence-electron chi connectivity index (χ0n) is 17.9. The van der Waals surface area contributed by atoms with Gasteiger partial charge in [0.2, 0.25) is 5.91 Å². The van der Waals surface area contributed by atoms with Crippen LogP contribution in [0.4, 0.5) is 5.69 Å². The molecule has 1 aliphatic heterocycles. The molecule has 1 heterocycles. The third kappa shape index (κ3) is 5.19. The summed E-state index contributed by atoms with van der Waals surface area (Å²) in [7, 11) is 1.61. The number of methoxy groups -OCH3 is 1. The monoisotopic (exact) mass is 410 g/mol. The molecule has 1 N–H and O–H groups in total. The number of ketones is 1. The number of ether oxygens (including phenoxy) is 2. The van der Waals surface area contributed by atoms with Crippen molar-refractivity contribution >= 4 is 17.4 Å². The van der Waals surface area contributed by atoms with Gasteiger partial charge in [-0.05, 0) is 76.2 Å². The van der Waals surface area contributed by atoms with Gasteiger partial charge in [-0.25, -0.2) is 0 Å². The lowest BCUT2D eigenvalue weighted by atomic mass is 9.88. The SMILES string of the molecule is CCOc1ccccc1NC(=O)[C@@H](C)N1CCC(C(=O)c2ccc(OC)cc2)CC1. The third-order valence-electron chi connectivity index (χ3n) is 5.65. The number of hydrogen-bond donors (Lipinski definition) is 1. The smallest absolute Gasteiger partial charge is 0.241 e. The summed E-state index contributed by atoms with van der Waals surface area (Å²) in [4.78, 5) is 27.7. The minimum atomic E-state index is -0.281. The summed E-state index contributed by atoms with van der Waals surface area (Å²) in [5.74, 6) is 1.50. The summed E-state index contributed by atoms with van der Waals surface area (Å²) in [6.07, 6.45) is 1.50. The number of carbonyl (C=O) groups is 2. The molecule has 0 bridgehead atoms. The molecule has 0 unspecified atom stereocenters. The van der Waals surface area contributed by atoms with Crippen LogP contribution < -0.4 is 14.8 Å². The largest absolute Gasteiger partial charge is 0.497 e. The summed E-state index contributed by atoms with van der Waals surface area (Å²) in [5, 5.41) is 2.98. The summed E-state index contributed by atoms with van der Waals surface area (Å²) in [6.45, 7) is 5.80. The van der Waals surface area contributed by atoms with Crippen LogP contribution >= 0.6 is 0 Å². The number of nitrogens with one attached hydrogen (secondary N) is 1. The Morgan fingerprint density at radius 1 is 1.10 bits per heavy atom. The molecule has 2 aromatic rings. The Balaban J connectivity index is 1.55. The molecule has 1 amide bonds. The average molecular weight is 411 g/mol. The highest BCUT2D eigenvalue weighted by molar-refractivity contribution is 5.98. The molecule has 0 spiro atoms. The van der Waals surface area contributed by atoms with Crippen molar-refractivity contribution in [2.45, 2.75) is 32.7 Å². The molecule has 1 saturated heterocycles. The lowest BCUT2D eigenvalue weighted by molar-refractivity contribution is -0.121. The third-order valence-corrected chi connectivity index (χ3v) is 5.65. The van der Waals surface area contributed by atoms with Gasteiger partial charge in [0.15, 0.2) is 5.78 Å². The van der Waals surface area contributed by atoms with E-state index in [1.165, 1.54) is 0 Å². The van der Waals surface area contributed by atoms with Gasteiger partial charge in [0.1, 0.15) is 11.5 Å². The molecule has 0 radical (unpaired) electrons. The fraction of sp³-hybridized carbons (Fsp3) is 0.417. The molecule has 0 saturated carbocycles. The van der Waals surface area contributed by atoms with Crippen molar-refractivity contribution < 1.29 is 19.1 Å². The molecule has 1 fully saturated rings. The normalized spacial score (nSPS) is 16.0. The van der Waals surface area contributed by atoms with Crippen molar-refractivity contribution in [1.82, 2.24) is 4.90 Å². The van der Waals surface area contributed by atoms with E-state index in [2.05, 4.69) is 10.2 Å². The number of para-hydroxylation sites is 2. The summed E-state index contributed by atoms with van der Waals surface area (Å²) >= 11 is 0. The van der Waals surface area contributed by atoms with Crippen LogP contribution in [-0.4, -0.2) is 49.4 Å². The Kier molecular flexibility index (Phi) is 7.46. The lowest BCUT2D eigenvalue weighted by Crippen LogP contribution is -2.47. The predicted molar refractivity (Wildman–Crippen MR) is 117 cm³/mol.